The van der Waals surface area contributed by atoms with E-state index in [9.17, 15) is 13.2 Å². The highest BCUT2D eigenvalue weighted by Crippen LogP contribution is 2.15. The van der Waals surface area contributed by atoms with Crippen LogP contribution in [-0.2, 0) is 17.9 Å². The Balaban J connectivity index is 0.00000729. The van der Waals surface area contributed by atoms with E-state index in [0.717, 1.165) is 44.1 Å². The van der Waals surface area contributed by atoms with E-state index in [1.54, 1.807) is 19.2 Å². The molecule has 0 spiro atoms. The van der Waals surface area contributed by atoms with Gasteiger partial charge in [-0.15, -0.1) is 24.0 Å². The highest BCUT2D eigenvalue weighted by Gasteiger charge is 2.27. The molecule has 0 bridgehead atoms. The van der Waals surface area contributed by atoms with Crippen molar-refractivity contribution in [3.63, 3.8) is 0 Å². The minimum atomic E-state index is -4.29. The summed E-state index contributed by atoms with van der Waals surface area (Å²) >= 11 is 0. The van der Waals surface area contributed by atoms with Crippen LogP contribution in [0.4, 0.5) is 13.2 Å². The summed E-state index contributed by atoms with van der Waals surface area (Å²) in [6.07, 6.45) is -3.16. The van der Waals surface area contributed by atoms with Crippen molar-refractivity contribution in [3.8, 4) is 0 Å². The van der Waals surface area contributed by atoms with Crippen molar-refractivity contribution in [2.45, 2.75) is 39.6 Å². The lowest BCUT2D eigenvalue weighted by molar-refractivity contribution is -0.176. The number of nitrogens with one attached hydrogen (secondary N) is 2. The Morgan fingerprint density at radius 1 is 1.07 bits per heavy atom. The summed E-state index contributed by atoms with van der Waals surface area (Å²) in [5.74, 6) is 0.722. The molecule has 2 N–H and O–H groups in total. The van der Waals surface area contributed by atoms with Crippen molar-refractivity contribution < 1.29 is 17.9 Å². The third-order valence-corrected chi connectivity index (χ3v) is 3.95. The van der Waals surface area contributed by atoms with Gasteiger partial charge >= 0.3 is 6.18 Å². The first-order valence-corrected chi connectivity index (χ1v) is 9.27. The summed E-state index contributed by atoms with van der Waals surface area (Å²) in [6.45, 7) is 7.50. The van der Waals surface area contributed by atoms with Crippen LogP contribution in [0.25, 0.3) is 0 Å². The molecule has 0 aliphatic heterocycles. The van der Waals surface area contributed by atoms with Crippen LogP contribution >= 0.6 is 24.0 Å². The second-order valence-electron chi connectivity index (χ2n) is 6.21. The van der Waals surface area contributed by atoms with Crippen molar-refractivity contribution in [3.05, 3.63) is 35.4 Å². The van der Waals surface area contributed by atoms with Gasteiger partial charge in [0, 0.05) is 26.7 Å². The number of halogens is 4. The molecule has 1 rings (SSSR count). The van der Waals surface area contributed by atoms with Gasteiger partial charge < -0.3 is 20.3 Å². The molecule has 162 valence electrons. The summed E-state index contributed by atoms with van der Waals surface area (Å²) in [5, 5.41) is 6.52. The van der Waals surface area contributed by atoms with E-state index in [0.29, 0.717) is 12.1 Å². The predicted octanol–water partition coefficient (Wildman–Crippen LogP) is 3.78. The molecule has 1 aromatic rings. The molecular formula is C19H32F3IN4O. The Labute approximate surface area is 183 Å². The number of benzene rings is 1. The van der Waals surface area contributed by atoms with Crippen molar-refractivity contribution >= 4 is 29.9 Å². The van der Waals surface area contributed by atoms with E-state index < -0.39 is 12.8 Å². The predicted molar refractivity (Wildman–Crippen MR) is 118 cm³/mol. The highest BCUT2D eigenvalue weighted by molar-refractivity contribution is 14.0. The SMILES string of the molecule is CCCN(CC)CCNC(=NC)NCc1ccc(COCC(F)(F)F)cc1.I. The fourth-order valence-corrected chi connectivity index (χ4v) is 2.52. The maximum atomic E-state index is 12.1. The zero-order chi connectivity index (χ0) is 20.1. The van der Waals surface area contributed by atoms with Crippen molar-refractivity contribution in [1.29, 1.82) is 0 Å². The first-order chi connectivity index (χ1) is 12.9. The van der Waals surface area contributed by atoms with Gasteiger partial charge in [0.15, 0.2) is 5.96 Å². The quantitative estimate of drug-likeness (QED) is 0.267. The van der Waals surface area contributed by atoms with Crippen LogP contribution in [0, 0.1) is 0 Å². The summed E-state index contributed by atoms with van der Waals surface area (Å²) in [6, 6.07) is 7.28. The van der Waals surface area contributed by atoms with Crippen LogP contribution in [0.3, 0.4) is 0 Å². The molecule has 0 aromatic heterocycles. The van der Waals surface area contributed by atoms with Gasteiger partial charge in [-0.1, -0.05) is 38.1 Å². The molecule has 0 saturated heterocycles. The lowest BCUT2D eigenvalue weighted by atomic mass is 10.1. The number of hydrogen-bond donors (Lipinski definition) is 2. The molecule has 9 heteroatoms. The lowest BCUT2D eigenvalue weighted by Gasteiger charge is -2.20. The number of alkyl halides is 3. The summed E-state index contributed by atoms with van der Waals surface area (Å²) in [7, 11) is 1.72. The largest absolute Gasteiger partial charge is 0.411 e. The number of nitrogens with zero attached hydrogens (tertiary/aromatic N) is 2. The molecule has 1 aromatic carbocycles. The fourth-order valence-electron chi connectivity index (χ4n) is 2.52. The molecule has 0 amide bonds. The minimum absolute atomic E-state index is 0. The van der Waals surface area contributed by atoms with Crippen molar-refractivity contribution in [2.75, 3.05) is 39.8 Å². The highest BCUT2D eigenvalue weighted by atomic mass is 127. The normalized spacial score (nSPS) is 12.0. The van der Waals surface area contributed by atoms with Crippen LogP contribution in [0.2, 0.25) is 0 Å². The number of likely N-dealkylation sites (N-methyl/N-ethyl adjacent to an activating group) is 1. The Kier molecular flexibility index (Phi) is 14.3. The number of guanidine groups is 1. The Bertz CT molecular complexity index is 553. The maximum absolute atomic E-state index is 12.1. The smallest absolute Gasteiger partial charge is 0.367 e. The number of hydrogen-bond acceptors (Lipinski definition) is 3. The molecule has 0 saturated carbocycles. The van der Waals surface area contributed by atoms with Gasteiger partial charge in [0.05, 0.1) is 6.61 Å². The van der Waals surface area contributed by atoms with Crippen LogP contribution in [0.1, 0.15) is 31.4 Å². The number of ether oxygens (including phenoxy) is 1. The molecule has 0 atom stereocenters. The van der Waals surface area contributed by atoms with Crippen molar-refractivity contribution in [1.82, 2.24) is 15.5 Å². The molecule has 0 aliphatic rings. The monoisotopic (exact) mass is 516 g/mol. The third-order valence-electron chi connectivity index (χ3n) is 3.95. The summed E-state index contributed by atoms with van der Waals surface area (Å²) in [4.78, 5) is 6.58. The van der Waals surface area contributed by atoms with Gasteiger partial charge in [0.2, 0.25) is 0 Å². The molecule has 0 unspecified atom stereocenters. The zero-order valence-corrected chi connectivity index (χ0v) is 19.1. The fraction of sp³-hybridized carbons (Fsp3) is 0.632. The Morgan fingerprint density at radius 3 is 2.25 bits per heavy atom. The average molecular weight is 516 g/mol. The molecule has 0 fully saturated rings. The van der Waals surface area contributed by atoms with Gasteiger partial charge in [0.1, 0.15) is 6.61 Å². The van der Waals surface area contributed by atoms with E-state index in [1.165, 1.54) is 0 Å². The lowest BCUT2D eigenvalue weighted by Crippen LogP contribution is -2.41. The maximum Gasteiger partial charge on any atom is 0.411 e. The van der Waals surface area contributed by atoms with Gasteiger partial charge in [0.25, 0.3) is 0 Å². The minimum Gasteiger partial charge on any atom is -0.367 e. The van der Waals surface area contributed by atoms with Gasteiger partial charge in [-0.3, -0.25) is 4.99 Å². The van der Waals surface area contributed by atoms with E-state index >= 15 is 0 Å². The molecule has 5 nitrogen and oxygen atoms in total. The Hall–Kier alpha value is -1.07. The molecule has 28 heavy (non-hydrogen) atoms. The van der Waals surface area contributed by atoms with E-state index in [2.05, 4.69) is 39.1 Å². The average Bonchev–Trinajstić information content (AvgIpc) is 2.63. The number of rotatable bonds is 11. The summed E-state index contributed by atoms with van der Waals surface area (Å²) < 4.78 is 40.9. The van der Waals surface area contributed by atoms with Gasteiger partial charge in [-0.05, 0) is 30.6 Å². The topological polar surface area (TPSA) is 48.9 Å². The molecule has 0 aliphatic carbocycles. The van der Waals surface area contributed by atoms with Crippen LogP contribution in [0.15, 0.2) is 29.3 Å². The van der Waals surface area contributed by atoms with E-state index in [1.807, 2.05) is 12.1 Å². The van der Waals surface area contributed by atoms with Gasteiger partial charge in [-0.25, -0.2) is 0 Å². The van der Waals surface area contributed by atoms with E-state index in [-0.39, 0.29) is 30.6 Å². The molecular weight excluding hydrogens is 484 g/mol. The zero-order valence-electron chi connectivity index (χ0n) is 16.8. The van der Waals surface area contributed by atoms with Crippen LogP contribution < -0.4 is 10.6 Å². The van der Waals surface area contributed by atoms with Gasteiger partial charge in [-0.2, -0.15) is 13.2 Å². The number of aliphatic imine (C=N–C) groups is 1. The van der Waals surface area contributed by atoms with Crippen LogP contribution in [0.5, 0.6) is 0 Å². The summed E-state index contributed by atoms with van der Waals surface area (Å²) in [5.41, 5.74) is 1.72. The third kappa shape index (κ3) is 12.4. The second-order valence-corrected chi connectivity index (χ2v) is 6.21. The van der Waals surface area contributed by atoms with E-state index in [4.69, 9.17) is 0 Å². The van der Waals surface area contributed by atoms with Crippen molar-refractivity contribution in [2.24, 2.45) is 4.99 Å². The first kappa shape index (κ1) is 26.9. The molecule has 0 heterocycles. The Morgan fingerprint density at radius 2 is 1.71 bits per heavy atom. The standard InChI is InChI=1S/C19H31F3N4O.HI/c1-4-11-26(5-2)12-10-24-18(23-3)25-13-16-6-8-17(9-7-16)14-27-15-19(20,21)22;/h6-9H,4-5,10-15H2,1-3H3,(H2,23,24,25);1H. The van der Waals surface area contributed by atoms with Crippen LogP contribution in [-0.4, -0.2) is 56.9 Å². The molecule has 0 radical (unpaired) electrons. The second kappa shape index (κ2) is 14.9. The first-order valence-electron chi connectivity index (χ1n) is 9.27.